The van der Waals surface area contributed by atoms with E-state index in [1.807, 2.05) is 17.0 Å². The molecule has 4 heterocycles. The highest BCUT2D eigenvalue weighted by Crippen LogP contribution is 2.31. The molecular formula is C26H28N4O2S2. The summed E-state index contributed by atoms with van der Waals surface area (Å²) in [5.41, 5.74) is 2.90. The molecule has 0 bridgehead atoms. The predicted molar refractivity (Wildman–Crippen MR) is 140 cm³/mol. The molecule has 1 aromatic carbocycles. The summed E-state index contributed by atoms with van der Waals surface area (Å²) in [5.74, 6) is 0.924. The van der Waals surface area contributed by atoms with Crippen LogP contribution in [0.3, 0.4) is 0 Å². The number of thioether (sulfide) groups is 1. The summed E-state index contributed by atoms with van der Waals surface area (Å²) >= 11 is 2.75. The molecule has 4 aromatic rings. The quantitative estimate of drug-likeness (QED) is 0.281. The zero-order valence-corrected chi connectivity index (χ0v) is 21.1. The van der Waals surface area contributed by atoms with Gasteiger partial charge in [0.2, 0.25) is 5.91 Å². The smallest absolute Gasteiger partial charge is 0.272 e. The SMILES string of the molecule is CCc1ccc(Cn2c(SCC(=O)N3CCC[C@@H](C)C3)nc3c(sc4ncccc43)c2=O)cc1. The lowest BCUT2D eigenvalue weighted by atomic mass is 10.0. The van der Waals surface area contributed by atoms with Crippen molar-refractivity contribution >= 4 is 49.4 Å². The maximum absolute atomic E-state index is 13.6. The summed E-state index contributed by atoms with van der Waals surface area (Å²) in [4.78, 5) is 38.7. The van der Waals surface area contributed by atoms with Crippen molar-refractivity contribution in [2.24, 2.45) is 5.92 Å². The third-order valence-corrected chi connectivity index (χ3v) is 8.48. The Hall–Kier alpha value is -2.71. The number of rotatable bonds is 6. The van der Waals surface area contributed by atoms with Crippen LogP contribution in [0.5, 0.6) is 0 Å². The fourth-order valence-corrected chi connectivity index (χ4v) is 6.41. The molecule has 1 aliphatic rings. The van der Waals surface area contributed by atoms with E-state index in [9.17, 15) is 9.59 Å². The lowest BCUT2D eigenvalue weighted by molar-refractivity contribution is -0.130. The molecule has 1 aliphatic heterocycles. The van der Waals surface area contributed by atoms with Gasteiger partial charge in [0.25, 0.3) is 5.56 Å². The van der Waals surface area contributed by atoms with Crippen LogP contribution in [0, 0.1) is 5.92 Å². The van der Waals surface area contributed by atoms with Crippen LogP contribution in [-0.2, 0) is 17.8 Å². The summed E-state index contributed by atoms with van der Waals surface area (Å²) in [5, 5.41) is 1.47. The fourth-order valence-electron chi connectivity index (χ4n) is 4.49. The van der Waals surface area contributed by atoms with Crippen molar-refractivity contribution in [3.8, 4) is 0 Å². The van der Waals surface area contributed by atoms with Gasteiger partial charge in [0.1, 0.15) is 9.53 Å². The van der Waals surface area contributed by atoms with Gasteiger partial charge in [0, 0.05) is 24.7 Å². The van der Waals surface area contributed by atoms with E-state index in [1.54, 1.807) is 10.8 Å². The number of piperidine rings is 1. The highest BCUT2D eigenvalue weighted by Gasteiger charge is 2.23. The van der Waals surface area contributed by atoms with E-state index >= 15 is 0 Å². The Kier molecular flexibility index (Phi) is 6.70. The van der Waals surface area contributed by atoms with Gasteiger partial charge in [-0.2, -0.15) is 0 Å². The first kappa shape index (κ1) is 23.1. The van der Waals surface area contributed by atoms with E-state index in [0.717, 1.165) is 41.7 Å². The number of hydrogen-bond acceptors (Lipinski definition) is 6. The first-order valence-electron chi connectivity index (χ1n) is 11.8. The monoisotopic (exact) mass is 492 g/mol. The van der Waals surface area contributed by atoms with Gasteiger partial charge in [0.15, 0.2) is 5.16 Å². The molecule has 176 valence electrons. The molecule has 6 nitrogen and oxygen atoms in total. The predicted octanol–water partition coefficient (Wildman–Crippen LogP) is 4.97. The van der Waals surface area contributed by atoms with E-state index in [4.69, 9.17) is 4.98 Å². The summed E-state index contributed by atoms with van der Waals surface area (Å²) < 4.78 is 2.33. The second-order valence-corrected chi connectivity index (χ2v) is 10.9. The molecule has 1 saturated heterocycles. The van der Waals surface area contributed by atoms with Gasteiger partial charge in [-0.15, -0.1) is 11.3 Å². The van der Waals surface area contributed by atoms with Crippen molar-refractivity contribution in [3.05, 3.63) is 64.1 Å². The number of amides is 1. The molecule has 0 unspecified atom stereocenters. The summed E-state index contributed by atoms with van der Waals surface area (Å²) in [6.45, 7) is 6.36. The van der Waals surface area contributed by atoms with Gasteiger partial charge in [-0.3, -0.25) is 14.2 Å². The van der Waals surface area contributed by atoms with Crippen LogP contribution in [0.25, 0.3) is 20.4 Å². The van der Waals surface area contributed by atoms with Gasteiger partial charge in [-0.05, 0) is 48.4 Å². The third-order valence-electron chi connectivity index (χ3n) is 6.42. The van der Waals surface area contributed by atoms with Crippen molar-refractivity contribution in [1.29, 1.82) is 0 Å². The molecule has 3 aromatic heterocycles. The maximum atomic E-state index is 13.6. The highest BCUT2D eigenvalue weighted by molar-refractivity contribution is 7.99. The van der Waals surface area contributed by atoms with Gasteiger partial charge in [-0.1, -0.05) is 49.9 Å². The Morgan fingerprint density at radius 1 is 1.21 bits per heavy atom. The molecule has 0 radical (unpaired) electrons. The Bertz CT molecular complexity index is 1390. The maximum Gasteiger partial charge on any atom is 0.272 e. The Labute approximate surface area is 207 Å². The number of carbonyl (C=O) groups excluding carboxylic acids is 1. The van der Waals surface area contributed by atoms with Gasteiger partial charge in [0.05, 0.1) is 17.8 Å². The average molecular weight is 493 g/mol. The fraction of sp³-hybridized carbons (Fsp3) is 0.385. The summed E-state index contributed by atoms with van der Waals surface area (Å²) in [6, 6.07) is 12.2. The van der Waals surface area contributed by atoms with Crippen LogP contribution in [0.1, 0.15) is 37.8 Å². The normalized spacial score (nSPS) is 16.4. The molecule has 0 saturated carbocycles. The molecule has 0 spiro atoms. The number of thiophene rings is 1. The molecule has 34 heavy (non-hydrogen) atoms. The minimum absolute atomic E-state index is 0.0749. The molecule has 0 aliphatic carbocycles. The molecule has 1 atom stereocenters. The molecule has 1 amide bonds. The standard InChI is InChI=1S/C26H28N4O2S2/c1-3-18-8-10-19(11-9-18)15-30-25(32)23-22(20-7-4-12-27-24(20)34-23)28-26(30)33-16-21(31)29-13-5-6-17(2)14-29/h4,7-12,17H,3,5-6,13-16H2,1-2H3/t17-/m1/s1. The topological polar surface area (TPSA) is 68.1 Å². The largest absolute Gasteiger partial charge is 0.342 e. The Morgan fingerprint density at radius 3 is 2.76 bits per heavy atom. The molecule has 1 fully saturated rings. The lowest BCUT2D eigenvalue weighted by Gasteiger charge is -2.30. The van der Waals surface area contributed by atoms with Crippen LogP contribution < -0.4 is 5.56 Å². The van der Waals surface area contributed by atoms with Crippen molar-refractivity contribution in [2.75, 3.05) is 18.8 Å². The zero-order chi connectivity index (χ0) is 23.7. The third kappa shape index (κ3) is 4.61. The van der Waals surface area contributed by atoms with Crippen molar-refractivity contribution in [2.45, 2.75) is 44.8 Å². The minimum Gasteiger partial charge on any atom is -0.342 e. The minimum atomic E-state index is -0.0749. The van der Waals surface area contributed by atoms with E-state index in [1.165, 1.54) is 35.1 Å². The van der Waals surface area contributed by atoms with Crippen LogP contribution in [0.2, 0.25) is 0 Å². The van der Waals surface area contributed by atoms with Crippen LogP contribution in [0.15, 0.2) is 52.5 Å². The van der Waals surface area contributed by atoms with E-state index in [0.29, 0.717) is 27.8 Å². The second kappa shape index (κ2) is 9.88. The Morgan fingerprint density at radius 2 is 2.00 bits per heavy atom. The van der Waals surface area contributed by atoms with Crippen LogP contribution >= 0.6 is 23.1 Å². The number of benzene rings is 1. The number of aromatic nitrogens is 3. The number of pyridine rings is 1. The van der Waals surface area contributed by atoms with Crippen molar-refractivity contribution < 1.29 is 4.79 Å². The molecule has 5 rings (SSSR count). The number of fused-ring (bicyclic) bond motifs is 3. The van der Waals surface area contributed by atoms with Crippen molar-refractivity contribution in [1.82, 2.24) is 19.4 Å². The zero-order valence-electron chi connectivity index (χ0n) is 19.5. The lowest BCUT2D eigenvalue weighted by Crippen LogP contribution is -2.40. The highest BCUT2D eigenvalue weighted by atomic mass is 32.2. The molecule has 0 N–H and O–H groups in total. The number of nitrogens with zero attached hydrogens (tertiary/aromatic N) is 4. The molecular weight excluding hydrogens is 464 g/mol. The average Bonchev–Trinajstić information content (AvgIpc) is 3.24. The Balaban J connectivity index is 1.51. The van der Waals surface area contributed by atoms with Gasteiger partial charge >= 0.3 is 0 Å². The van der Waals surface area contributed by atoms with Crippen molar-refractivity contribution in [3.63, 3.8) is 0 Å². The second-order valence-electron chi connectivity index (χ2n) is 8.97. The summed E-state index contributed by atoms with van der Waals surface area (Å²) in [6.07, 6.45) is 4.93. The van der Waals surface area contributed by atoms with Gasteiger partial charge in [-0.25, -0.2) is 9.97 Å². The first-order chi connectivity index (χ1) is 16.5. The number of likely N-dealkylation sites (tertiary alicyclic amines) is 1. The number of carbonyl (C=O) groups is 1. The van der Waals surface area contributed by atoms with E-state index in [2.05, 4.69) is 43.1 Å². The van der Waals surface area contributed by atoms with E-state index in [-0.39, 0.29) is 17.2 Å². The van der Waals surface area contributed by atoms with Crippen LogP contribution in [-0.4, -0.2) is 44.2 Å². The van der Waals surface area contributed by atoms with Gasteiger partial charge < -0.3 is 4.90 Å². The molecule has 8 heteroatoms. The van der Waals surface area contributed by atoms with Crippen LogP contribution in [0.4, 0.5) is 0 Å². The number of aryl methyl sites for hydroxylation is 1. The van der Waals surface area contributed by atoms with E-state index < -0.39 is 0 Å². The number of hydrogen-bond donors (Lipinski definition) is 0. The summed E-state index contributed by atoms with van der Waals surface area (Å²) in [7, 11) is 0. The first-order valence-corrected chi connectivity index (χ1v) is 13.6.